The van der Waals surface area contributed by atoms with E-state index in [0.717, 1.165) is 17.3 Å². The summed E-state index contributed by atoms with van der Waals surface area (Å²) in [6.45, 7) is 5.19. The van der Waals surface area contributed by atoms with E-state index in [0.29, 0.717) is 40.5 Å². The second-order valence-electron chi connectivity index (χ2n) is 6.27. The van der Waals surface area contributed by atoms with Crippen LogP contribution in [0.5, 0.6) is 0 Å². The summed E-state index contributed by atoms with van der Waals surface area (Å²) in [4.78, 5) is 26.3. The summed E-state index contributed by atoms with van der Waals surface area (Å²) in [6, 6.07) is 13.9. The number of benzene rings is 2. The molecule has 0 saturated carbocycles. The van der Waals surface area contributed by atoms with Crippen molar-refractivity contribution in [2.24, 2.45) is 0 Å². The molecule has 3 rings (SSSR count). The molecule has 0 aliphatic rings. The number of thioether (sulfide) groups is 1. The van der Waals surface area contributed by atoms with Crippen molar-refractivity contribution in [2.75, 3.05) is 24.2 Å². The van der Waals surface area contributed by atoms with Gasteiger partial charge in [0.05, 0.1) is 5.75 Å². The second-order valence-corrected chi connectivity index (χ2v) is 7.63. The third kappa shape index (κ3) is 5.61. The number of nitrogens with one attached hydrogen (secondary N) is 1. The molecule has 3 aromatic rings. The zero-order chi connectivity index (χ0) is 21.5. The summed E-state index contributed by atoms with van der Waals surface area (Å²) in [6.07, 6.45) is 0. The van der Waals surface area contributed by atoms with Gasteiger partial charge in [-0.1, -0.05) is 23.4 Å². The monoisotopic (exact) mass is 444 g/mol. The number of rotatable bonds is 8. The van der Waals surface area contributed by atoms with Crippen molar-refractivity contribution in [1.29, 1.82) is 0 Å². The Morgan fingerprint density at radius 3 is 2.33 bits per heavy atom. The second kappa shape index (κ2) is 10.3. The van der Waals surface area contributed by atoms with Gasteiger partial charge in [-0.05, 0) is 62.4 Å². The number of halogens is 1. The first-order chi connectivity index (χ1) is 14.5. The highest BCUT2D eigenvalue weighted by Crippen LogP contribution is 2.24. The Morgan fingerprint density at radius 2 is 1.70 bits per heavy atom. The van der Waals surface area contributed by atoms with E-state index >= 15 is 0 Å². The Balaban J connectivity index is 1.52. The van der Waals surface area contributed by atoms with Crippen LogP contribution in [-0.4, -0.2) is 45.8 Å². The fraction of sp³-hybridized carbons (Fsp3) is 0.238. The maximum Gasteiger partial charge on any atom is 0.277 e. The quantitative estimate of drug-likeness (QED) is 0.510. The Kier molecular flexibility index (Phi) is 7.48. The number of aromatic nitrogens is 2. The predicted octanol–water partition coefficient (Wildman–Crippen LogP) is 4.60. The Labute approximate surface area is 183 Å². The minimum Gasteiger partial charge on any atom is -0.411 e. The van der Waals surface area contributed by atoms with E-state index in [2.05, 4.69) is 15.5 Å². The van der Waals surface area contributed by atoms with Crippen LogP contribution in [0.4, 0.5) is 5.69 Å². The van der Waals surface area contributed by atoms with Crippen molar-refractivity contribution in [3.63, 3.8) is 0 Å². The molecule has 9 heteroatoms. The van der Waals surface area contributed by atoms with E-state index in [9.17, 15) is 9.59 Å². The molecule has 0 saturated heterocycles. The molecular formula is C21H21ClN4O3S. The molecule has 1 N–H and O–H groups in total. The minimum absolute atomic E-state index is 0.0266. The summed E-state index contributed by atoms with van der Waals surface area (Å²) in [5, 5.41) is 11.6. The standard InChI is InChI=1S/C21H21ClN4O3S/c1-3-26(4-2)20(28)15-7-11-17(12-8-15)23-18(27)13-30-21-25-24-19(29-21)14-5-9-16(22)10-6-14/h5-12H,3-4,13H2,1-2H3,(H,23,27). The number of nitrogens with zero attached hydrogens (tertiary/aromatic N) is 3. The van der Waals surface area contributed by atoms with Crippen LogP contribution in [0.2, 0.25) is 5.02 Å². The maximum absolute atomic E-state index is 12.3. The Morgan fingerprint density at radius 1 is 1.03 bits per heavy atom. The lowest BCUT2D eigenvalue weighted by Crippen LogP contribution is -2.30. The molecule has 0 aliphatic heterocycles. The highest BCUT2D eigenvalue weighted by molar-refractivity contribution is 7.99. The first-order valence-corrected chi connectivity index (χ1v) is 10.8. The van der Waals surface area contributed by atoms with Gasteiger partial charge < -0.3 is 14.6 Å². The van der Waals surface area contributed by atoms with Crippen molar-refractivity contribution in [1.82, 2.24) is 15.1 Å². The number of hydrogen-bond acceptors (Lipinski definition) is 6. The third-order valence-corrected chi connectivity index (χ3v) is 5.36. The van der Waals surface area contributed by atoms with Gasteiger partial charge in [0.25, 0.3) is 11.1 Å². The molecule has 2 amide bonds. The van der Waals surface area contributed by atoms with Crippen LogP contribution in [0, 0.1) is 0 Å². The number of carbonyl (C=O) groups is 2. The van der Waals surface area contributed by atoms with E-state index in [1.165, 1.54) is 0 Å². The summed E-state index contributed by atoms with van der Waals surface area (Å²) in [5.74, 6) is 0.237. The summed E-state index contributed by atoms with van der Waals surface area (Å²) in [5.41, 5.74) is 1.96. The lowest BCUT2D eigenvalue weighted by molar-refractivity contribution is -0.113. The molecule has 0 aliphatic carbocycles. The van der Waals surface area contributed by atoms with Crippen molar-refractivity contribution in [3.8, 4) is 11.5 Å². The molecule has 0 fully saturated rings. The molecule has 156 valence electrons. The Hall–Kier alpha value is -2.84. The van der Waals surface area contributed by atoms with Crippen molar-refractivity contribution >= 4 is 40.9 Å². The van der Waals surface area contributed by atoms with Crippen LogP contribution in [0.15, 0.2) is 58.2 Å². The van der Waals surface area contributed by atoms with Gasteiger partial charge >= 0.3 is 0 Å². The van der Waals surface area contributed by atoms with Crippen molar-refractivity contribution in [2.45, 2.75) is 19.1 Å². The van der Waals surface area contributed by atoms with E-state index < -0.39 is 0 Å². The summed E-state index contributed by atoms with van der Waals surface area (Å²) in [7, 11) is 0. The van der Waals surface area contributed by atoms with Crippen LogP contribution in [-0.2, 0) is 4.79 Å². The van der Waals surface area contributed by atoms with Gasteiger partial charge in [-0.15, -0.1) is 10.2 Å². The molecule has 1 aromatic heterocycles. The fourth-order valence-electron chi connectivity index (χ4n) is 2.69. The topological polar surface area (TPSA) is 88.3 Å². The molecule has 0 bridgehead atoms. The predicted molar refractivity (Wildman–Crippen MR) is 118 cm³/mol. The zero-order valence-electron chi connectivity index (χ0n) is 16.6. The van der Waals surface area contributed by atoms with Gasteiger partial charge in [0, 0.05) is 34.9 Å². The first kappa shape index (κ1) is 21.9. The minimum atomic E-state index is -0.214. The third-order valence-electron chi connectivity index (χ3n) is 4.29. The molecule has 30 heavy (non-hydrogen) atoms. The average Bonchev–Trinajstić information content (AvgIpc) is 3.23. The van der Waals surface area contributed by atoms with Crippen molar-refractivity contribution in [3.05, 3.63) is 59.1 Å². The van der Waals surface area contributed by atoms with Gasteiger partial charge in [-0.3, -0.25) is 9.59 Å². The van der Waals surface area contributed by atoms with Crippen LogP contribution >= 0.6 is 23.4 Å². The van der Waals surface area contributed by atoms with Crippen LogP contribution < -0.4 is 5.32 Å². The lowest BCUT2D eigenvalue weighted by Gasteiger charge is -2.18. The van der Waals surface area contributed by atoms with Crippen LogP contribution in [0.25, 0.3) is 11.5 Å². The van der Waals surface area contributed by atoms with Crippen LogP contribution in [0.1, 0.15) is 24.2 Å². The van der Waals surface area contributed by atoms with Gasteiger partial charge in [0.1, 0.15) is 0 Å². The lowest BCUT2D eigenvalue weighted by atomic mass is 10.2. The SMILES string of the molecule is CCN(CC)C(=O)c1ccc(NC(=O)CSc2nnc(-c3ccc(Cl)cc3)o2)cc1. The molecule has 0 unspecified atom stereocenters. The molecule has 0 atom stereocenters. The molecule has 2 aromatic carbocycles. The molecular weight excluding hydrogens is 424 g/mol. The average molecular weight is 445 g/mol. The van der Waals surface area contributed by atoms with Gasteiger partial charge in [-0.25, -0.2) is 0 Å². The molecule has 1 heterocycles. The largest absolute Gasteiger partial charge is 0.411 e. The summed E-state index contributed by atoms with van der Waals surface area (Å²) < 4.78 is 5.57. The number of hydrogen-bond donors (Lipinski definition) is 1. The van der Waals surface area contributed by atoms with E-state index in [1.807, 2.05) is 13.8 Å². The first-order valence-electron chi connectivity index (χ1n) is 9.41. The highest BCUT2D eigenvalue weighted by atomic mass is 35.5. The zero-order valence-corrected chi connectivity index (χ0v) is 18.2. The highest BCUT2D eigenvalue weighted by Gasteiger charge is 2.14. The van der Waals surface area contributed by atoms with Gasteiger partial charge in [0.2, 0.25) is 11.8 Å². The van der Waals surface area contributed by atoms with Crippen LogP contribution in [0.3, 0.4) is 0 Å². The molecule has 7 nitrogen and oxygen atoms in total. The number of amides is 2. The summed E-state index contributed by atoms with van der Waals surface area (Å²) >= 11 is 7.02. The Bertz CT molecular complexity index is 1000. The van der Waals surface area contributed by atoms with Crippen molar-refractivity contribution < 1.29 is 14.0 Å². The molecule has 0 spiro atoms. The number of anilines is 1. The van der Waals surface area contributed by atoms with E-state index in [1.54, 1.807) is 53.4 Å². The normalized spacial score (nSPS) is 10.6. The molecule has 0 radical (unpaired) electrons. The fourth-order valence-corrected chi connectivity index (χ4v) is 3.38. The smallest absolute Gasteiger partial charge is 0.277 e. The van der Waals surface area contributed by atoms with Gasteiger partial charge in [0.15, 0.2) is 0 Å². The van der Waals surface area contributed by atoms with Gasteiger partial charge in [-0.2, -0.15) is 0 Å². The van der Waals surface area contributed by atoms with E-state index in [4.69, 9.17) is 16.0 Å². The maximum atomic E-state index is 12.3. The van der Waals surface area contributed by atoms with E-state index in [-0.39, 0.29) is 17.6 Å². The number of carbonyl (C=O) groups excluding carboxylic acids is 2.